The van der Waals surface area contributed by atoms with Crippen molar-refractivity contribution in [1.82, 2.24) is 10.2 Å². The summed E-state index contributed by atoms with van der Waals surface area (Å²) in [6.45, 7) is 1.02. The van der Waals surface area contributed by atoms with E-state index in [1.807, 2.05) is 0 Å². The number of anilines is 1. The van der Waals surface area contributed by atoms with Gasteiger partial charge in [0.15, 0.2) is 0 Å². The first-order chi connectivity index (χ1) is 17.6. The molecule has 37 heavy (non-hydrogen) atoms. The molecule has 2 amide bonds. The third-order valence-electron chi connectivity index (χ3n) is 5.72. The van der Waals surface area contributed by atoms with Crippen LogP contribution in [0, 0.1) is 0 Å². The number of nitrogens with zero attached hydrogens (tertiary/aromatic N) is 2. The number of nitrogens with one attached hydrogen (secondary N) is 1. The van der Waals surface area contributed by atoms with Crippen LogP contribution in [0.1, 0.15) is 12.5 Å². The molecule has 3 rings (SSSR count). The van der Waals surface area contributed by atoms with E-state index in [1.54, 1.807) is 67.6 Å². The zero-order valence-electron chi connectivity index (χ0n) is 20.5. The molecule has 0 aromatic heterocycles. The maximum absolute atomic E-state index is 13.7. The first-order valence-corrected chi connectivity index (χ1v) is 13.4. The Hall–Kier alpha value is -3.27. The largest absolute Gasteiger partial charge is 0.497 e. The molecule has 3 aromatic rings. The fourth-order valence-electron chi connectivity index (χ4n) is 3.62. The predicted octanol–water partition coefficient (Wildman–Crippen LogP) is 4.36. The lowest BCUT2D eigenvalue weighted by atomic mass is 10.1. The van der Waals surface area contributed by atoms with Crippen molar-refractivity contribution in [2.45, 2.75) is 24.4 Å². The highest BCUT2D eigenvalue weighted by molar-refractivity contribution is 7.92. The number of likely N-dealkylation sites (N-methyl/N-ethyl adjacent to an activating group) is 1. The number of carbonyl (C=O) groups excluding carboxylic acids is 2. The Labute approximate surface area is 226 Å². The molecule has 0 bridgehead atoms. The molecule has 0 unspecified atom stereocenters. The molecule has 3 aromatic carbocycles. The van der Waals surface area contributed by atoms with Gasteiger partial charge in [0.05, 0.1) is 27.7 Å². The fraction of sp³-hybridized carbons (Fsp3) is 0.231. The Morgan fingerprint density at radius 3 is 2.19 bits per heavy atom. The van der Waals surface area contributed by atoms with E-state index < -0.39 is 34.4 Å². The topological polar surface area (TPSA) is 96.0 Å². The second kappa shape index (κ2) is 12.3. The Morgan fingerprint density at radius 2 is 1.62 bits per heavy atom. The third kappa shape index (κ3) is 6.74. The van der Waals surface area contributed by atoms with E-state index in [0.29, 0.717) is 21.4 Å². The van der Waals surface area contributed by atoms with Gasteiger partial charge < -0.3 is 15.0 Å². The second-order valence-corrected chi connectivity index (χ2v) is 10.8. The minimum atomic E-state index is -4.13. The minimum Gasteiger partial charge on any atom is -0.497 e. The highest BCUT2D eigenvalue weighted by Gasteiger charge is 2.32. The molecule has 0 aliphatic carbocycles. The number of halogens is 2. The Kier molecular flexibility index (Phi) is 9.42. The molecule has 0 aliphatic heterocycles. The second-order valence-electron chi connectivity index (χ2n) is 8.08. The van der Waals surface area contributed by atoms with Crippen LogP contribution >= 0.6 is 23.2 Å². The molecule has 0 radical (unpaired) electrons. The third-order valence-corrected chi connectivity index (χ3v) is 8.25. The molecule has 0 fully saturated rings. The molecule has 1 N–H and O–H groups in total. The van der Waals surface area contributed by atoms with E-state index in [0.717, 1.165) is 4.31 Å². The normalized spacial score (nSPS) is 11.9. The lowest BCUT2D eigenvalue weighted by Crippen LogP contribution is -2.50. The van der Waals surface area contributed by atoms with Gasteiger partial charge in [0, 0.05) is 13.6 Å². The lowest BCUT2D eigenvalue weighted by molar-refractivity contribution is -0.139. The first kappa shape index (κ1) is 28.3. The molecule has 1 atom stereocenters. The number of hydrogen-bond donors (Lipinski definition) is 1. The van der Waals surface area contributed by atoms with E-state index in [9.17, 15) is 18.0 Å². The summed E-state index contributed by atoms with van der Waals surface area (Å²) in [5.74, 6) is -0.463. The van der Waals surface area contributed by atoms with Crippen LogP contribution in [0.4, 0.5) is 5.69 Å². The average molecular weight is 564 g/mol. The van der Waals surface area contributed by atoms with Crippen LogP contribution in [0.25, 0.3) is 0 Å². The van der Waals surface area contributed by atoms with Gasteiger partial charge in [-0.15, -0.1) is 0 Å². The number of carbonyl (C=O) groups is 2. The van der Waals surface area contributed by atoms with E-state index in [4.69, 9.17) is 27.9 Å². The van der Waals surface area contributed by atoms with Crippen molar-refractivity contribution in [2.75, 3.05) is 25.0 Å². The highest BCUT2D eigenvalue weighted by Crippen LogP contribution is 2.27. The van der Waals surface area contributed by atoms with E-state index >= 15 is 0 Å². The zero-order chi connectivity index (χ0) is 27.2. The Bertz CT molecular complexity index is 1350. The van der Waals surface area contributed by atoms with Gasteiger partial charge in [0.2, 0.25) is 11.8 Å². The molecule has 0 saturated heterocycles. The van der Waals surface area contributed by atoms with Gasteiger partial charge in [-0.25, -0.2) is 8.42 Å². The van der Waals surface area contributed by atoms with Crippen molar-refractivity contribution >= 4 is 50.7 Å². The predicted molar refractivity (Wildman–Crippen MR) is 145 cm³/mol. The summed E-state index contributed by atoms with van der Waals surface area (Å²) in [5, 5.41) is 3.18. The maximum Gasteiger partial charge on any atom is 0.264 e. The molecule has 11 heteroatoms. The van der Waals surface area contributed by atoms with Gasteiger partial charge in [-0.1, -0.05) is 47.5 Å². The summed E-state index contributed by atoms with van der Waals surface area (Å²) in [7, 11) is -1.17. The molecule has 196 valence electrons. The van der Waals surface area contributed by atoms with Gasteiger partial charge in [0.25, 0.3) is 10.0 Å². The van der Waals surface area contributed by atoms with Crippen LogP contribution in [0.15, 0.2) is 77.7 Å². The van der Waals surface area contributed by atoms with Crippen molar-refractivity contribution in [3.8, 4) is 5.75 Å². The SMILES string of the molecule is CNC(=O)[C@@H](C)N(Cc1ccc(Cl)c(Cl)c1)C(=O)CN(c1ccc(OC)cc1)S(=O)(=O)c1ccccc1. The Balaban J connectivity index is 2.03. The number of ether oxygens (including phenoxy) is 1. The molecular formula is C26H27Cl2N3O5S. The van der Waals surface area contributed by atoms with E-state index in [1.165, 1.54) is 31.2 Å². The van der Waals surface area contributed by atoms with Gasteiger partial charge in [0.1, 0.15) is 18.3 Å². The van der Waals surface area contributed by atoms with Crippen LogP contribution < -0.4 is 14.4 Å². The standard InChI is InChI=1S/C26H27Cl2N3O5S/c1-18(26(33)29-2)30(16-19-9-14-23(27)24(28)15-19)25(32)17-31(20-10-12-21(36-3)13-11-20)37(34,35)22-7-5-4-6-8-22/h4-15,18H,16-17H2,1-3H3,(H,29,33)/t18-/m1/s1. The molecular weight excluding hydrogens is 537 g/mol. The van der Waals surface area contributed by atoms with Crippen molar-refractivity contribution < 1.29 is 22.7 Å². The number of rotatable bonds is 10. The number of benzene rings is 3. The smallest absolute Gasteiger partial charge is 0.264 e. The van der Waals surface area contributed by atoms with Gasteiger partial charge in [-0.05, 0) is 61.0 Å². The zero-order valence-corrected chi connectivity index (χ0v) is 22.8. The van der Waals surface area contributed by atoms with Crippen LogP contribution in [0.2, 0.25) is 10.0 Å². The highest BCUT2D eigenvalue weighted by atomic mass is 35.5. The minimum absolute atomic E-state index is 0.00610. The fourth-order valence-corrected chi connectivity index (χ4v) is 5.38. The van der Waals surface area contributed by atoms with Crippen LogP contribution in [-0.4, -0.2) is 51.9 Å². The summed E-state index contributed by atoms with van der Waals surface area (Å²) < 4.78 is 33.5. The lowest BCUT2D eigenvalue weighted by Gasteiger charge is -2.31. The molecule has 0 saturated carbocycles. The summed E-state index contributed by atoms with van der Waals surface area (Å²) in [6, 6.07) is 18.1. The maximum atomic E-state index is 13.7. The summed E-state index contributed by atoms with van der Waals surface area (Å²) in [4.78, 5) is 27.5. The Morgan fingerprint density at radius 1 is 0.973 bits per heavy atom. The van der Waals surface area contributed by atoms with Gasteiger partial charge in [-0.2, -0.15) is 0 Å². The van der Waals surface area contributed by atoms with Crippen molar-refractivity contribution in [1.29, 1.82) is 0 Å². The molecule has 0 spiro atoms. The number of hydrogen-bond acceptors (Lipinski definition) is 5. The molecule has 8 nitrogen and oxygen atoms in total. The summed E-state index contributed by atoms with van der Waals surface area (Å²) in [5.41, 5.74) is 0.889. The first-order valence-electron chi connectivity index (χ1n) is 11.2. The van der Waals surface area contributed by atoms with E-state index in [2.05, 4.69) is 5.32 Å². The van der Waals surface area contributed by atoms with Crippen LogP contribution in [0.5, 0.6) is 5.75 Å². The van der Waals surface area contributed by atoms with Crippen molar-refractivity contribution in [3.63, 3.8) is 0 Å². The molecule has 0 aliphatic rings. The van der Waals surface area contributed by atoms with Gasteiger partial charge >= 0.3 is 0 Å². The average Bonchev–Trinajstić information content (AvgIpc) is 2.91. The summed E-state index contributed by atoms with van der Waals surface area (Å²) >= 11 is 12.2. The van der Waals surface area contributed by atoms with E-state index in [-0.39, 0.29) is 17.1 Å². The van der Waals surface area contributed by atoms with Crippen molar-refractivity contribution in [3.05, 3.63) is 88.4 Å². The summed E-state index contributed by atoms with van der Waals surface area (Å²) in [6.07, 6.45) is 0. The number of amides is 2. The van der Waals surface area contributed by atoms with Crippen LogP contribution in [0.3, 0.4) is 0 Å². The molecule has 0 heterocycles. The quantitative estimate of drug-likeness (QED) is 0.395. The van der Waals surface area contributed by atoms with Crippen molar-refractivity contribution in [2.24, 2.45) is 0 Å². The number of sulfonamides is 1. The number of methoxy groups -OCH3 is 1. The van der Waals surface area contributed by atoms with Gasteiger partial charge in [-0.3, -0.25) is 13.9 Å². The van der Waals surface area contributed by atoms with Crippen LogP contribution in [-0.2, 0) is 26.2 Å². The monoisotopic (exact) mass is 563 g/mol.